The van der Waals surface area contributed by atoms with Gasteiger partial charge in [0.25, 0.3) is 0 Å². The Morgan fingerprint density at radius 3 is 3.15 bits per heavy atom. The lowest BCUT2D eigenvalue weighted by molar-refractivity contribution is 0.446. The standard InChI is InChI=1S/C16H18BrN3/c1-2-19-16(12-8-13(17)10-18-9-12)14-6-5-11-4-3-7-20-15(11)14/h3-4,7-10,14,16,19H,2,5-6H2,1H3. The minimum Gasteiger partial charge on any atom is -0.310 e. The summed E-state index contributed by atoms with van der Waals surface area (Å²) >= 11 is 3.52. The Labute approximate surface area is 128 Å². The van der Waals surface area contributed by atoms with E-state index in [1.807, 2.05) is 24.7 Å². The van der Waals surface area contributed by atoms with Gasteiger partial charge in [0.1, 0.15) is 0 Å². The highest BCUT2D eigenvalue weighted by Crippen LogP contribution is 2.40. The number of hydrogen-bond donors (Lipinski definition) is 1. The van der Waals surface area contributed by atoms with Crippen LogP contribution in [0.4, 0.5) is 0 Å². The lowest BCUT2D eigenvalue weighted by atomic mass is 9.91. The zero-order chi connectivity index (χ0) is 13.9. The molecule has 104 valence electrons. The quantitative estimate of drug-likeness (QED) is 0.929. The van der Waals surface area contributed by atoms with Crippen LogP contribution in [0.25, 0.3) is 0 Å². The largest absolute Gasteiger partial charge is 0.310 e. The molecule has 0 bridgehead atoms. The number of fused-ring (bicyclic) bond motifs is 1. The number of nitrogens with zero attached hydrogens (tertiary/aromatic N) is 2. The van der Waals surface area contributed by atoms with Crippen molar-refractivity contribution in [3.63, 3.8) is 0 Å². The van der Waals surface area contributed by atoms with Crippen LogP contribution in [0.2, 0.25) is 0 Å². The molecule has 4 heteroatoms. The third kappa shape index (κ3) is 2.63. The fraction of sp³-hybridized carbons (Fsp3) is 0.375. The number of halogens is 1. The van der Waals surface area contributed by atoms with E-state index in [1.165, 1.54) is 16.8 Å². The zero-order valence-electron chi connectivity index (χ0n) is 11.5. The molecule has 20 heavy (non-hydrogen) atoms. The van der Waals surface area contributed by atoms with Crippen molar-refractivity contribution in [2.45, 2.75) is 31.7 Å². The highest BCUT2D eigenvalue weighted by molar-refractivity contribution is 9.10. The fourth-order valence-electron chi connectivity index (χ4n) is 3.08. The monoisotopic (exact) mass is 331 g/mol. The molecular weight excluding hydrogens is 314 g/mol. The summed E-state index contributed by atoms with van der Waals surface area (Å²) < 4.78 is 1.03. The van der Waals surface area contributed by atoms with Crippen molar-refractivity contribution in [3.05, 3.63) is 58.1 Å². The Balaban J connectivity index is 1.96. The van der Waals surface area contributed by atoms with Crippen LogP contribution in [0, 0.1) is 0 Å². The second-order valence-corrected chi connectivity index (χ2v) is 6.08. The van der Waals surface area contributed by atoms with Crippen LogP contribution in [0.15, 0.2) is 41.3 Å². The summed E-state index contributed by atoms with van der Waals surface area (Å²) in [6.45, 7) is 3.09. The summed E-state index contributed by atoms with van der Waals surface area (Å²) in [6.07, 6.45) is 7.96. The molecule has 2 aromatic rings. The van der Waals surface area contributed by atoms with Crippen LogP contribution in [-0.2, 0) is 6.42 Å². The zero-order valence-corrected chi connectivity index (χ0v) is 13.1. The molecule has 3 nitrogen and oxygen atoms in total. The molecule has 1 aliphatic rings. The molecule has 0 aromatic carbocycles. The minimum absolute atomic E-state index is 0.279. The van der Waals surface area contributed by atoms with Gasteiger partial charge in [0.2, 0.25) is 0 Å². The second-order valence-electron chi connectivity index (χ2n) is 5.16. The number of pyridine rings is 2. The van der Waals surface area contributed by atoms with E-state index in [4.69, 9.17) is 0 Å². The Bertz CT molecular complexity index is 600. The van der Waals surface area contributed by atoms with Crippen LogP contribution in [-0.4, -0.2) is 16.5 Å². The van der Waals surface area contributed by atoms with E-state index in [-0.39, 0.29) is 6.04 Å². The smallest absolute Gasteiger partial charge is 0.0485 e. The van der Waals surface area contributed by atoms with Crippen molar-refractivity contribution in [1.82, 2.24) is 15.3 Å². The van der Waals surface area contributed by atoms with Crippen molar-refractivity contribution >= 4 is 15.9 Å². The van der Waals surface area contributed by atoms with Gasteiger partial charge in [-0.15, -0.1) is 0 Å². The van der Waals surface area contributed by atoms with Gasteiger partial charge in [-0.2, -0.15) is 0 Å². The van der Waals surface area contributed by atoms with Crippen molar-refractivity contribution in [1.29, 1.82) is 0 Å². The van der Waals surface area contributed by atoms with Crippen LogP contribution in [0.3, 0.4) is 0 Å². The van der Waals surface area contributed by atoms with Gasteiger partial charge in [-0.05, 0) is 58.6 Å². The highest BCUT2D eigenvalue weighted by atomic mass is 79.9. The van der Waals surface area contributed by atoms with Crippen LogP contribution < -0.4 is 5.32 Å². The topological polar surface area (TPSA) is 37.8 Å². The molecule has 0 saturated heterocycles. The number of aromatic nitrogens is 2. The maximum Gasteiger partial charge on any atom is 0.0485 e. The van der Waals surface area contributed by atoms with Gasteiger partial charge < -0.3 is 5.32 Å². The third-order valence-electron chi connectivity index (χ3n) is 3.91. The molecule has 1 N–H and O–H groups in total. The molecular formula is C16H18BrN3. The van der Waals surface area contributed by atoms with Gasteiger partial charge in [-0.1, -0.05) is 13.0 Å². The Morgan fingerprint density at radius 1 is 1.45 bits per heavy atom. The summed E-state index contributed by atoms with van der Waals surface area (Å²) in [5, 5.41) is 3.61. The molecule has 0 fully saturated rings. The Morgan fingerprint density at radius 2 is 2.35 bits per heavy atom. The van der Waals surface area contributed by atoms with E-state index < -0.39 is 0 Å². The van der Waals surface area contributed by atoms with E-state index in [1.54, 1.807) is 0 Å². The summed E-state index contributed by atoms with van der Waals surface area (Å²) in [6, 6.07) is 6.66. The molecule has 0 amide bonds. The molecule has 1 aliphatic carbocycles. The average Bonchev–Trinajstić information content (AvgIpc) is 2.88. The number of aryl methyl sites for hydroxylation is 1. The van der Waals surface area contributed by atoms with Gasteiger partial charge in [-0.3, -0.25) is 9.97 Å². The van der Waals surface area contributed by atoms with Gasteiger partial charge >= 0.3 is 0 Å². The number of hydrogen-bond acceptors (Lipinski definition) is 3. The number of nitrogens with one attached hydrogen (secondary N) is 1. The number of likely N-dealkylation sites (N-methyl/N-ethyl adjacent to an activating group) is 1. The van der Waals surface area contributed by atoms with Crippen molar-refractivity contribution in [2.24, 2.45) is 0 Å². The van der Waals surface area contributed by atoms with Crippen LogP contribution >= 0.6 is 15.9 Å². The van der Waals surface area contributed by atoms with Gasteiger partial charge in [0.15, 0.2) is 0 Å². The molecule has 2 atom stereocenters. The molecule has 0 spiro atoms. The van der Waals surface area contributed by atoms with Crippen LogP contribution in [0.5, 0.6) is 0 Å². The fourth-order valence-corrected chi connectivity index (χ4v) is 3.46. The summed E-state index contributed by atoms with van der Waals surface area (Å²) in [4.78, 5) is 8.93. The maximum absolute atomic E-state index is 4.62. The summed E-state index contributed by atoms with van der Waals surface area (Å²) in [5.74, 6) is 0.433. The van der Waals surface area contributed by atoms with Crippen molar-refractivity contribution < 1.29 is 0 Å². The lowest BCUT2D eigenvalue weighted by Gasteiger charge is -2.25. The first-order valence-corrected chi connectivity index (χ1v) is 7.86. The second kappa shape index (κ2) is 6.02. The Hall–Kier alpha value is -1.26. The minimum atomic E-state index is 0.279. The van der Waals surface area contributed by atoms with E-state index in [0.717, 1.165) is 23.9 Å². The molecule has 0 radical (unpaired) electrons. The molecule has 0 saturated carbocycles. The highest BCUT2D eigenvalue weighted by Gasteiger charge is 2.31. The molecule has 0 aliphatic heterocycles. The van der Waals surface area contributed by atoms with Gasteiger partial charge in [0, 0.05) is 40.7 Å². The van der Waals surface area contributed by atoms with Crippen molar-refractivity contribution in [3.8, 4) is 0 Å². The average molecular weight is 332 g/mol. The molecule has 2 unspecified atom stereocenters. The molecule has 3 rings (SSSR count). The summed E-state index contributed by atoms with van der Waals surface area (Å²) in [7, 11) is 0. The van der Waals surface area contributed by atoms with E-state index in [9.17, 15) is 0 Å². The maximum atomic E-state index is 4.62. The lowest BCUT2D eigenvalue weighted by Crippen LogP contribution is -2.26. The first kappa shape index (κ1) is 13.7. The normalized spacial score (nSPS) is 18.8. The van der Waals surface area contributed by atoms with Crippen molar-refractivity contribution in [2.75, 3.05) is 6.54 Å². The first-order valence-electron chi connectivity index (χ1n) is 7.07. The predicted octanol–water partition coefficient (Wildman–Crippen LogP) is 3.62. The third-order valence-corrected chi connectivity index (χ3v) is 4.35. The van der Waals surface area contributed by atoms with Gasteiger partial charge in [-0.25, -0.2) is 0 Å². The van der Waals surface area contributed by atoms with E-state index in [2.05, 4.69) is 50.3 Å². The van der Waals surface area contributed by atoms with Crippen LogP contribution in [0.1, 0.15) is 42.1 Å². The van der Waals surface area contributed by atoms with E-state index >= 15 is 0 Å². The Kier molecular flexibility index (Phi) is 4.13. The SMILES string of the molecule is CCNC(c1cncc(Br)c1)C1CCc2cccnc21. The molecule has 2 heterocycles. The van der Waals surface area contributed by atoms with Gasteiger partial charge in [0.05, 0.1) is 0 Å². The number of rotatable bonds is 4. The predicted molar refractivity (Wildman–Crippen MR) is 83.7 cm³/mol. The molecule has 2 aromatic heterocycles. The summed E-state index contributed by atoms with van der Waals surface area (Å²) in [5.41, 5.74) is 3.87. The first-order chi connectivity index (χ1) is 9.79. The van der Waals surface area contributed by atoms with E-state index in [0.29, 0.717) is 5.92 Å².